The van der Waals surface area contributed by atoms with Gasteiger partial charge in [-0.1, -0.05) is 6.07 Å². The molecule has 1 aliphatic rings. The van der Waals surface area contributed by atoms with Gasteiger partial charge < -0.3 is 14.7 Å². The van der Waals surface area contributed by atoms with Gasteiger partial charge in [-0.3, -0.25) is 9.59 Å². The first-order chi connectivity index (χ1) is 9.90. The second-order valence-corrected chi connectivity index (χ2v) is 5.17. The van der Waals surface area contributed by atoms with Gasteiger partial charge >= 0.3 is 11.9 Å². The van der Waals surface area contributed by atoms with Crippen molar-refractivity contribution < 1.29 is 24.2 Å². The standard InChI is InChI=1S/C15H17NO5/c1-9(2)21-15(20)10-4-3-5-11(8-10)16-7-6-12(13(16)17)14(18)19/h3-5,8-9,12H,6-7H2,1-2H3,(H,18,19). The predicted molar refractivity (Wildman–Crippen MR) is 75.1 cm³/mol. The molecule has 112 valence electrons. The molecule has 1 heterocycles. The minimum atomic E-state index is -1.11. The van der Waals surface area contributed by atoms with Gasteiger partial charge in [0.2, 0.25) is 5.91 Å². The number of carboxylic acids is 1. The third-order valence-corrected chi connectivity index (χ3v) is 3.24. The maximum Gasteiger partial charge on any atom is 0.338 e. The minimum Gasteiger partial charge on any atom is -0.481 e. The zero-order chi connectivity index (χ0) is 15.6. The maximum atomic E-state index is 12.0. The number of amides is 1. The Morgan fingerprint density at radius 3 is 2.67 bits per heavy atom. The second kappa shape index (κ2) is 5.95. The van der Waals surface area contributed by atoms with E-state index in [2.05, 4.69) is 0 Å². The maximum absolute atomic E-state index is 12.0. The van der Waals surface area contributed by atoms with E-state index >= 15 is 0 Å². The minimum absolute atomic E-state index is 0.231. The number of benzene rings is 1. The number of carbonyl (C=O) groups is 3. The highest BCUT2D eigenvalue weighted by Crippen LogP contribution is 2.26. The Labute approximate surface area is 122 Å². The normalized spacial score (nSPS) is 18.1. The van der Waals surface area contributed by atoms with E-state index in [0.29, 0.717) is 17.8 Å². The van der Waals surface area contributed by atoms with Gasteiger partial charge in [-0.25, -0.2) is 4.79 Å². The van der Waals surface area contributed by atoms with Crippen LogP contribution in [0.2, 0.25) is 0 Å². The zero-order valence-electron chi connectivity index (χ0n) is 11.9. The molecule has 0 saturated carbocycles. The molecule has 6 heteroatoms. The number of hydrogen-bond acceptors (Lipinski definition) is 4. The molecule has 1 amide bonds. The van der Waals surface area contributed by atoms with Gasteiger partial charge in [-0.15, -0.1) is 0 Å². The number of nitrogens with zero attached hydrogens (tertiary/aromatic N) is 1. The first-order valence-corrected chi connectivity index (χ1v) is 6.75. The van der Waals surface area contributed by atoms with Crippen molar-refractivity contribution in [1.82, 2.24) is 0 Å². The van der Waals surface area contributed by atoms with Gasteiger partial charge in [0.25, 0.3) is 0 Å². The smallest absolute Gasteiger partial charge is 0.338 e. The van der Waals surface area contributed by atoms with Crippen LogP contribution in [-0.2, 0) is 14.3 Å². The number of ether oxygens (including phenoxy) is 1. The summed E-state index contributed by atoms with van der Waals surface area (Å²) in [6.45, 7) is 3.84. The lowest BCUT2D eigenvalue weighted by molar-refractivity contribution is -0.144. The second-order valence-electron chi connectivity index (χ2n) is 5.17. The van der Waals surface area contributed by atoms with E-state index in [9.17, 15) is 14.4 Å². The summed E-state index contributed by atoms with van der Waals surface area (Å²) >= 11 is 0. The Balaban J connectivity index is 2.20. The number of carboxylic acid groups (broad SMARTS) is 1. The lowest BCUT2D eigenvalue weighted by atomic mass is 10.1. The number of rotatable bonds is 4. The van der Waals surface area contributed by atoms with Crippen molar-refractivity contribution in [2.45, 2.75) is 26.4 Å². The Morgan fingerprint density at radius 2 is 2.10 bits per heavy atom. The third-order valence-electron chi connectivity index (χ3n) is 3.24. The fourth-order valence-electron chi connectivity index (χ4n) is 2.25. The summed E-state index contributed by atoms with van der Waals surface area (Å²) in [7, 11) is 0. The third kappa shape index (κ3) is 3.21. The quantitative estimate of drug-likeness (QED) is 0.674. The van der Waals surface area contributed by atoms with Crippen LogP contribution in [0.4, 0.5) is 5.69 Å². The summed E-state index contributed by atoms with van der Waals surface area (Å²) in [5.41, 5.74) is 0.856. The molecule has 1 unspecified atom stereocenters. The van der Waals surface area contributed by atoms with Crippen LogP contribution in [0.15, 0.2) is 24.3 Å². The van der Waals surface area contributed by atoms with E-state index in [1.54, 1.807) is 38.1 Å². The summed E-state index contributed by atoms with van der Waals surface area (Å²) in [6, 6.07) is 6.47. The topological polar surface area (TPSA) is 83.9 Å². The Kier molecular flexibility index (Phi) is 4.26. The summed E-state index contributed by atoms with van der Waals surface area (Å²) in [5, 5.41) is 8.97. The molecule has 21 heavy (non-hydrogen) atoms. The van der Waals surface area contributed by atoms with Crippen LogP contribution in [0.1, 0.15) is 30.6 Å². The van der Waals surface area contributed by atoms with E-state index < -0.39 is 23.8 Å². The van der Waals surface area contributed by atoms with Crippen LogP contribution in [-0.4, -0.2) is 35.6 Å². The molecule has 0 aliphatic carbocycles. The predicted octanol–water partition coefficient (Wildman–Crippen LogP) is 1.69. The monoisotopic (exact) mass is 291 g/mol. The molecule has 0 radical (unpaired) electrons. The van der Waals surface area contributed by atoms with Gasteiger partial charge in [-0.2, -0.15) is 0 Å². The Hall–Kier alpha value is -2.37. The molecule has 1 N–H and O–H groups in total. The lowest BCUT2D eigenvalue weighted by Crippen LogP contribution is -2.30. The molecule has 0 aromatic heterocycles. The van der Waals surface area contributed by atoms with Crippen molar-refractivity contribution in [1.29, 1.82) is 0 Å². The number of hydrogen-bond donors (Lipinski definition) is 1. The van der Waals surface area contributed by atoms with Crippen LogP contribution >= 0.6 is 0 Å². The van der Waals surface area contributed by atoms with E-state index in [1.807, 2.05) is 0 Å². The van der Waals surface area contributed by atoms with Crippen LogP contribution in [0.25, 0.3) is 0 Å². The average molecular weight is 291 g/mol. The van der Waals surface area contributed by atoms with Gasteiger partial charge in [-0.05, 0) is 38.5 Å². The van der Waals surface area contributed by atoms with Crippen molar-refractivity contribution >= 4 is 23.5 Å². The molecule has 0 bridgehead atoms. The summed E-state index contributed by atoms with van der Waals surface area (Å²) in [5.74, 6) is -3.03. The number of aliphatic carboxylic acids is 1. The summed E-state index contributed by atoms with van der Waals surface area (Å²) < 4.78 is 5.10. The summed E-state index contributed by atoms with van der Waals surface area (Å²) in [6.07, 6.45) is 0.0421. The van der Waals surface area contributed by atoms with Crippen LogP contribution in [0.5, 0.6) is 0 Å². The first kappa shape index (κ1) is 15.0. The van der Waals surface area contributed by atoms with E-state index in [1.165, 1.54) is 4.90 Å². The van der Waals surface area contributed by atoms with Crippen LogP contribution in [0.3, 0.4) is 0 Å². The largest absolute Gasteiger partial charge is 0.481 e. The van der Waals surface area contributed by atoms with Crippen LogP contribution < -0.4 is 4.90 Å². The fraction of sp³-hybridized carbons (Fsp3) is 0.400. The van der Waals surface area contributed by atoms with Gasteiger partial charge in [0.15, 0.2) is 0 Å². The van der Waals surface area contributed by atoms with E-state index in [-0.39, 0.29) is 12.5 Å². The highest BCUT2D eigenvalue weighted by Gasteiger charge is 2.37. The SMILES string of the molecule is CC(C)OC(=O)c1cccc(N2CCC(C(=O)O)C2=O)c1. The van der Waals surface area contributed by atoms with Gasteiger partial charge in [0.1, 0.15) is 5.92 Å². The molecule has 1 fully saturated rings. The number of anilines is 1. The zero-order valence-corrected chi connectivity index (χ0v) is 11.9. The molecule has 1 aromatic carbocycles. The average Bonchev–Trinajstić information content (AvgIpc) is 2.80. The molecule has 1 aromatic rings. The Bertz CT molecular complexity index is 581. The van der Waals surface area contributed by atoms with Crippen molar-refractivity contribution in [2.75, 3.05) is 11.4 Å². The molecule has 2 rings (SSSR count). The molecular weight excluding hydrogens is 274 g/mol. The fourth-order valence-corrected chi connectivity index (χ4v) is 2.25. The van der Waals surface area contributed by atoms with Crippen molar-refractivity contribution in [3.63, 3.8) is 0 Å². The molecule has 1 atom stereocenters. The highest BCUT2D eigenvalue weighted by atomic mass is 16.5. The molecule has 1 aliphatic heterocycles. The Morgan fingerprint density at radius 1 is 1.38 bits per heavy atom. The summed E-state index contributed by atoms with van der Waals surface area (Å²) in [4.78, 5) is 36.2. The lowest BCUT2D eigenvalue weighted by Gasteiger charge is -2.17. The van der Waals surface area contributed by atoms with E-state index in [0.717, 1.165) is 0 Å². The molecule has 1 saturated heterocycles. The molecule has 0 spiro atoms. The molecule has 6 nitrogen and oxygen atoms in total. The van der Waals surface area contributed by atoms with Crippen molar-refractivity contribution in [2.24, 2.45) is 5.92 Å². The van der Waals surface area contributed by atoms with Crippen molar-refractivity contribution in [3.05, 3.63) is 29.8 Å². The highest BCUT2D eigenvalue weighted by molar-refractivity contribution is 6.08. The number of carbonyl (C=O) groups excluding carboxylic acids is 2. The van der Waals surface area contributed by atoms with E-state index in [4.69, 9.17) is 9.84 Å². The number of esters is 1. The molecular formula is C15H17NO5. The first-order valence-electron chi connectivity index (χ1n) is 6.75. The van der Waals surface area contributed by atoms with Crippen molar-refractivity contribution in [3.8, 4) is 0 Å². The van der Waals surface area contributed by atoms with Gasteiger partial charge in [0.05, 0.1) is 11.7 Å². The van der Waals surface area contributed by atoms with Crippen LogP contribution in [0, 0.1) is 5.92 Å². The van der Waals surface area contributed by atoms with Gasteiger partial charge in [0, 0.05) is 12.2 Å².